The lowest BCUT2D eigenvalue weighted by molar-refractivity contribution is 0.763. The maximum Gasteiger partial charge on any atom is 0.0718 e. The van der Waals surface area contributed by atoms with Crippen molar-refractivity contribution in [3.8, 4) is 0 Å². The second kappa shape index (κ2) is 7.42. The van der Waals surface area contributed by atoms with Gasteiger partial charge in [-0.15, -0.1) is 0 Å². The summed E-state index contributed by atoms with van der Waals surface area (Å²) in [4.78, 5) is 0. The van der Waals surface area contributed by atoms with E-state index in [1.807, 2.05) is 24.3 Å². The molecule has 2 aromatic carbocycles. The van der Waals surface area contributed by atoms with Gasteiger partial charge >= 0.3 is 0 Å². The van der Waals surface area contributed by atoms with Crippen LogP contribution in [0.1, 0.15) is 18.4 Å². The number of hydrogen-bond donors (Lipinski definition) is 1. The smallest absolute Gasteiger partial charge is 0.0718 e. The Morgan fingerprint density at radius 3 is 2.16 bits per heavy atom. The fourth-order valence-corrected chi connectivity index (χ4v) is 2.51. The number of rotatable bonds is 6. The van der Waals surface area contributed by atoms with Crippen molar-refractivity contribution in [2.75, 3.05) is 11.9 Å². The molecule has 0 aliphatic rings. The summed E-state index contributed by atoms with van der Waals surface area (Å²) in [5.41, 5.74) is 2.23. The van der Waals surface area contributed by atoms with Gasteiger partial charge in [0.2, 0.25) is 0 Å². The first kappa shape index (κ1) is 14.2. The van der Waals surface area contributed by atoms with Crippen molar-refractivity contribution in [1.82, 2.24) is 0 Å². The van der Waals surface area contributed by atoms with Crippen LogP contribution in [0.2, 0.25) is 10.0 Å². The van der Waals surface area contributed by atoms with E-state index in [4.69, 9.17) is 23.2 Å². The van der Waals surface area contributed by atoms with Gasteiger partial charge in [0.05, 0.1) is 15.7 Å². The Bertz CT molecular complexity index is 491. The number of hydrogen-bond acceptors (Lipinski definition) is 1. The molecule has 0 aliphatic heterocycles. The molecule has 0 saturated heterocycles. The Morgan fingerprint density at radius 2 is 1.47 bits per heavy atom. The van der Waals surface area contributed by atoms with Gasteiger partial charge in [0, 0.05) is 6.54 Å². The highest BCUT2D eigenvalue weighted by Gasteiger charge is 2.03. The minimum Gasteiger partial charge on any atom is -0.383 e. The molecule has 2 rings (SSSR count). The van der Waals surface area contributed by atoms with Gasteiger partial charge in [-0.25, -0.2) is 0 Å². The molecule has 0 bridgehead atoms. The highest BCUT2D eigenvalue weighted by molar-refractivity contribution is 6.39. The second-order valence-electron chi connectivity index (χ2n) is 4.47. The lowest BCUT2D eigenvalue weighted by Crippen LogP contribution is -2.03. The first-order valence-corrected chi connectivity index (χ1v) is 7.25. The van der Waals surface area contributed by atoms with Crippen LogP contribution in [0.15, 0.2) is 48.5 Å². The van der Waals surface area contributed by atoms with Crippen molar-refractivity contribution in [1.29, 1.82) is 0 Å². The molecule has 1 nitrogen and oxygen atoms in total. The van der Waals surface area contributed by atoms with Gasteiger partial charge in [-0.05, 0) is 37.0 Å². The van der Waals surface area contributed by atoms with Crippen molar-refractivity contribution in [2.24, 2.45) is 0 Å². The van der Waals surface area contributed by atoms with E-state index in [0.717, 1.165) is 31.5 Å². The second-order valence-corrected chi connectivity index (χ2v) is 5.28. The Balaban J connectivity index is 1.73. The molecule has 0 radical (unpaired) electrons. The largest absolute Gasteiger partial charge is 0.383 e. The predicted molar refractivity (Wildman–Crippen MR) is 84.3 cm³/mol. The SMILES string of the molecule is Clc1cccc(Cl)c1NCCCCc1ccccc1. The maximum atomic E-state index is 6.09. The van der Waals surface area contributed by atoms with Gasteiger partial charge in [0.1, 0.15) is 0 Å². The zero-order valence-electron chi connectivity index (χ0n) is 10.7. The van der Waals surface area contributed by atoms with Crippen LogP contribution in [-0.2, 0) is 6.42 Å². The molecule has 0 heterocycles. The third-order valence-electron chi connectivity index (χ3n) is 3.00. The Kier molecular flexibility index (Phi) is 5.56. The van der Waals surface area contributed by atoms with E-state index in [0.29, 0.717) is 10.0 Å². The molecule has 0 aromatic heterocycles. The van der Waals surface area contributed by atoms with Crippen LogP contribution in [0.5, 0.6) is 0 Å². The van der Waals surface area contributed by atoms with Crippen molar-refractivity contribution in [3.63, 3.8) is 0 Å². The maximum absolute atomic E-state index is 6.09. The van der Waals surface area contributed by atoms with Gasteiger partial charge < -0.3 is 5.32 Å². The molecular formula is C16H17Cl2N. The van der Waals surface area contributed by atoms with Gasteiger partial charge in [0.15, 0.2) is 0 Å². The van der Waals surface area contributed by atoms with Crippen LogP contribution < -0.4 is 5.32 Å². The monoisotopic (exact) mass is 293 g/mol. The molecule has 0 spiro atoms. The van der Waals surface area contributed by atoms with Crippen LogP contribution in [0.4, 0.5) is 5.69 Å². The molecule has 0 amide bonds. The quantitative estimate of drug-likeness (QED) is 0.701. The highest BCUT2D eigenvalue weighted by Crippen LogP contribution is 2.29. The fourth-order valence-electron chi connectivity index (χ4n) is 1.98. The van der Waals surface area contributed by atoms with Crippen LogP contribution in [0.25, 0.3) is 0 Å². The topological polar surface area (TPSA) is 12.0 Å². The van der Waals surface area contributed by atoms with E-state index in [9.17, 15) is 0 Å². The van der Waals surface area contributed by atoms with Gasteiger partial charge in [0.25, 0.3) is 0 Å². The lowest BCUT2D eigenvalue weighted by atomic mass is 10.1. The molecule has 3 heteroatoms. The zero-order valence-corrected chi connectivity index (χ0v) is 12.2. The molecule has 0 atom stereocenters. The molecule has 0 aliphatic carbocycles. The van der Waals surface area contributed by atoms with Crippen LogP contribution in [0, 0.1) is 0 Å². The minimum absolute atomic E-state index is 0.676. The normalized spacial score (nSPS) is 10.4. The molecule has 100 valence electrons. The van der Waals surface area contributed by atoms with Crippen LogP contribution in [-0.4, -0.2) is 6.54 Å². The molecule has 0 saturated carbocycles. The summed E-state index contributed by atoms with van der Waals surface area (Å²) in [6, 6.07) is 16.1. The summed E-state index contributed by atoms with van der Waals surface area (Å²) < 4.78 is 0. The van der Waals surface area contributed by atoms with E-state index >= 15 is 0 Å². The van der Waals surface area contributed by atoms with Crippen LogP contribution in [0.3, 0.4) is 0 Å². The Hall–Kier alpha value is -1.18. The van der Waals surface area contributed by atoms with Gasteiger partial charge in [-0.2, -0.15) is 0 Å². The average molecular weight is 294 g/mol. The van der Waals surface area contributed by atoms with Gasteiger partial charge in [-0.1, -0.05) is 59.6 Å². The zero-order chi connectivity index (χ0) is 13.5. The first-order chi connectivity index (χ1) is 9.27. The first-order valence-electron chi connectivity index (χ1n) is 6.49. The summed E-state index contributed by atoms with van der Waals surface area (Å²) in [6.45, 7) is 0.885. The highest BCUT2D eigenvalue weighted by atomic mass is 35.5. The average Bonchev–Trinajstić information content (AvgIpc) is 2.42. The van der Waals surface area contributed by atoms with Crippen LogP contribution >= 0.6 is 23.2 Å². The minimum atomic E-state index is 0.676. The molecule has 0 fully saturated rings. The summed E-state index contributed by atoms with van der Waals surface area (Å²) in [6.07, 6.45) is 3.36. The summed E-state index contributed by atoms with van der Waals surface area (Å²) in [5, 5.41) is 4.66. The Labute approximate surface area is 124 Å². The third kappa shape index (κ3) is 4.45. The van der Waals surface area contributed by atoms with E-state index in [-0.39, 0.29) is 0 Å². The third-order valence-corrected chi connectivity index (χ3v) is 3.63. The predicted octanol–water partition coefficient (Wildman–Crippen LogP) is 5.43. The number of benzene rings is 2. The van der Waals surface area contributed by atoms with Crippen molar-refractivity contribution >= 4 is 28.9 Å². The molecule has 0 unspecified atom stereocenters. The number of unbranched alkanes of at least 4 members (excludes halogenated alkanes) is 1. The van der Waals surface area contributed by atoms with E-state index in [1.165, 1.54) is 5.56 Å². The van der Waals surface area contributed by atoms with Crippen molar-refractivity contribution in [3.05, 3.63) is 64.1 Å². The summed E-state index contributed by atoms with van der Waals surface area (Å²) >= 11 is 12.2. The lowest BCUT2D eigenvalue weighted by Gasteiger charge is -2.10. The molecular weight excluding hydrogens is 277 g/mol. The number of para-hydroxylation sites is 1. The van der Waals surface area contributed by atoms with Crippen molar-refractivity contribution < 1.29 is 0 Å². The fraction of sp³-hybridized carbons (Fsp3) is 0.250. The number of halogens is 2. The van der Waals surface area contributed by atoms with Crippen molar-refractivity contribution in [2.45, 2.75) is 19.3 Å². The van der Waals surface area contributed by atoms with E-state index in [1.54, 1.807) is 0 Å². The number of aryl methyl sites for hydroxylation is 1. The number of nitrogens with one attached hydrogen (secondary N) is 1. The molecule has 1 N–H and O–H groups in total. The Morgan fingerprint density at radius 1 is 0.789 bits per heavy atom. The standard InChI is InChI=1S/C16H17Cl2N/c17-14-10-6-11-15(18)16(14)19-12-5-4-9-13-7-2-1-3-8-13/h1-3,6-8,10-11,19H,4-5,9,12H2. The summed E-state index contributed by atoms with van der Waals surface area (Å²) in [7, 11) is 0. The summed E-state index contributed by atoms with van der Waals surface area (Å²) in [5.74, 6) is 0. The van der Waals surface area contributed by atoms with Gasteiger partial charge in [-0.3, -0.25) is 0 Å². The number of anilines is 1. The molecule has 2 aromatic rings. The molecule has 19 heavy (non-hydrogen) atoms. The van der Waals surface area contributed by atoms with E-state index in [2.05, 4.69) is 29.6 Å². The van der Waals surface area contributed by atoms with E-state index < -0.39 is 0 Å².